The Hall–Kier alpha value is -2.47. The Morgan fingerprint density at radius 3 is 2.80 bits per heavy atom. The number of carbonyl (C=O) groups is 2. The number of aromatic nitrogens is 2. The van der Waals surface area contributed by atoms with E-state index in [9.17, 15) is 9.59 Å². The van der Waals surface area contributed by atoms with Crippen molar-refractivity contribution >= 4 is 34.9 Å². The van der Waals surface area contributed by atoms with Crippen LogP contribution in [0.4, 0.5) is 16.2 Å². The van der Waals surface area contributed by atoms with Gasteiger partial charge in [-0.05, 0) is 12.1 Å². The average Bonchev–Trinajstić information content (AvgIpc) is 2.78. The fraction of sp³-hybridized carbons (Fsp3) is 0.0769. The van der Waals surface area contributed by atoms with Crippen LogP contribution in [-0.2, 0) is 11.2 Å². The molecule has 0 fully saturated rings. The van der Waals surface area contributed by atoms with Gasteiger partial charge in [0.05, 0.1) is 30.2 Å². The summed E-state index contributed by atoms with van der Waals surface area (Å²) < 4.78 is 0. The Bertz CT molecular complexity index is 690. The van der Waals surface area contributed by atoms with Crippen LogP contribution in [0.1, 0.15) is 5.56 Å². The molecule has 1 aliphatic heterocycles. The van der Waals surface area contributed by atoms with E-state index in [1.807, 2.05) is 0 Å². The number of halogens is 1. The van der Waals surface area contributed by atoms with Crippen LogP contribution in [0.3, 0.4) is 0 Å². The van der Waals surface area contributed by atoms with Gasteiger partial charge in [0, 0.05) is 10.6 Å². The molecule has 0 aliphatic carbocycles. The maximum Gasteiger partial charge on any atom is 0.333 e. The molecule has 0 saturated heterocycles. The lowest BCUT2D eigenvalue weighted by Crippen LogP contribution is -2.37. The van der Waals surface area contributed by atoms with Crippen LogP contribution in [0.2, 0.25) is 5.02 Å². The summed E-state index contributed by atoms with van der Waals surface area (Å²) in [6.07, 6.45) is 4.37. The Labute approximate surface area is 119 Å². The van der Waals surface area contributed by atoms with Crippen molar-refractivity contribution in [1.29, 1.82) is 0 Å². The molecule has 1 aromatic heterocycles. The number of benzene rings is 1. The van der Waals surface area contributed by atoms with E-state index in [1.165, 1.54) is 18.7 Å². The molecular formula is C13H9ClN4O2. The molecule has 0 atom stereocenters. The second-order valence-corrected chi connectivity index (χ2v) is 4.61. The van der Waals surface area contributed by atoms with Crippen LogP contribution in [0.25, 0.3) is 0 Å². The number of urea groups is 1. The van der Waals surface area contributed by atoms with Gasteiger partial charge in [-0.15, -0.1) is 0 Å². The summed E-state index contributed by atoms with van der Waals surface area (Å²) in [6.45, 7) is 0. The molecule has 1 aliphatic rings. The van der Waals surface area contributed by atoms with Crippen molar-refractivity contribution in [2.24, 2.45) is 0 Å². The van der Waals surface area contributed by atoms with Crippen molar-refractivity contribution in [1.82, 2.24) is 9.97 Å². The second-order valence-electron chi connectivity index (χ2n) is 4.20. The Morgan fingerprint density at radius 1 is 1.30 bits per heavy atom. The number of hydrogen-bond donors (Lipinski definition) is 1. The summed E-state index contributed by atoms with van der Waals surface area (Å²) in [5.41, 5.74) is 1.59. The van der Waals surface area contributed by atoms with Crippen LogP contribution >= 0.6 is 11.6 Å². The number of imide groups is 1. The lowest BCUT2D eigenvalue weighted by molar-refractivity contribution is -0.116. The zero-order valence-corrected chi connectivity index (χ0v) is 11.0. The zero-order chi connectivity index (χ0) is 14.1. The van der Waals surface area contributed by atoms with Gasteiger partial charge in [-0.1, -0.05) is 17.7 Å². The highest BCUT2D eigenvalue weighted by atomic mass is 35.5. The highest BCUT2D eigenvalue weighted by Gasteiger charge is 2.33. The molecule has 3 rings (SSSR count). The van der Waals surface area contributed by atoms with E-state index in [-0.39, 0.29) is 12.3 Å². The minimum absolute atomic E-state index is 0.119. The van der Waals surface area contributed by atoms with Gasteiger partial charge in [0.1, 0.15) is 6.33 Å². The molecule has 1 aromatic carbocycles. The smallest absolute Gasteiger partial charge is 0.304 e. The minimum atomic E-state index is -0.550. The van der Waals surface area contributed by atoms with Gasteiger partial charge in [-0.25, -0.2) is 19.7 Å². The minimum Gasteiger partial charge on any atom is -0.304 e. The van der Waals surface area contributed by atoms with E-state index in [1.54, 1.807) is 18.2 Å². The summed E-state index contributed by atoms with van der Waals surface area (Å²) in [6, 6.07) is 4.53. The molecule has 1 N–H and O–H groups in total. The van der Waals surface area contributed by atoms with Crippen molar-refractivity contribution in [2.75, 3.05) is 10.2 Å². The normalized spacial score (nSPS) is 13.2. The molecule has 2 aromatic rings. The van der Waals surface area contributed by atoms with E-state index in [2.05, 4.69) is 15.3 Å². The molecule has 100 valence electrons. The number of carbonyl (C=O) groups excluding carboxylic acids is 2. The van der Waals surface area contributed by atoms with E-state index < -0.39 is 6.03 Å². The molecule has 6 nitrogen and oxygen atoms in total. The number of hydrogen-bond acceptors (Lipinski definition) is 4. The summed E-state index contributed by atoms with van der Waals surface area (Å²) in [5.74, 6) is -0.317. The SMILES string of the molecule is O=C1Cc2c(Cl)cccc2N1C(=O)Nc1cncnc1. The molecule has 0 spiro atoms. The van der Waals surface area contributed by atoms with Gasteiger partial charge in [0.2, 0.25) is 5.91 Å². The van der Waals surface area contributed by atoms with Gasteiger partial charge >= 0.3 is 6.03 Å². The Balaban J connectivity index is 1.90. The summed E-state index contributed by atoms with van der Waals surface area (Å²) >= 11 is 6.03. The molecule has 0 bridgehead atoms. The summed E-state index contributed by atoms with van der Waals surface area (Å²) in [4.78, 5) is 32.8. The molecule has 3 amide bonds. The van der Waals surface area contributed by atoms with Crippen molar-refractivity contribution in [3.8, 4) is 0 Å². The number of amides is 3. The highest BCUT2D eigenvalue weighted by Crippen LogP contribution is 2.34. The number of nitrogens with zero attached hydrogens (tertiary/aromatic N) is 3. The fourth-order valence-electron chi connectivity index (χ4n) is 2.06. The van der Waals surface area contributed by atoms with Crippen molar-refractivity contribution in [3.05, 3.63) is 47.5 Å². The highest BCUT2D eigenvalue weighted by molar-refractivity contribution is 6.33. The van der Waals surface area contributed by atoms with Gasteiger partial charge in [-0.2, -0.15) is 0 Å². The van der Waals surface area contributed by atoms with Crippen molar-refractivity contribution in [3.63, 3.8) is 0 Å². The predicted octanol–water partition coefficient (Wildman–Crippen LogP) is 2.25. The Kier molecular flexibility index (Phi) is 3.08. The molecule has 0 saturated carbocycles. The number of nitrogens with one attached hydrogen (secondary N) is 1. The third-order valence-corrected chi connectivity index (χ3v) is 3.28. The predicted molar refractivity (Wildman–Crippen MR) is 73.7 cm³/mol. The maximum absolute atomic E-state index is 12.2. The Morgan fingerprint density at radius 2 is 2.05 bits per heavy atom. The first-order valence-corrected chi connectivity index (χ1v) is 6.21. The fourth-order valence-corrected chi connectivity index (χ4v) is 2.30. The standard InChI is InChI=1S/C13H9ClN4O2/c14-10-2-1-3-11-9(10)4-12(19)18(11)13(20)17-8-5-15-7-16-6-8/h1-3,5-7H,4H2,(H,17,20). The first-order chi connectivity index (χ1) is 9.66. The van der Waals surface area contributed by atoms with Crippen LogP contribution in [0.15, 0.2) is 36.9 Å². The van der Waals surface area contributed by atoms with Crippen LogP contribution in [0, 0.1) is 0 Å². The first kappa shape index (κ1) is 12.6. The number of fused-ring (bicyclic) bond motifs is 1. The van der Waals surface area contributed by atoms with Crippen LogP contribution in [0.5, 0.6) is 0 Å². The molecule has 2 heterocycles. The monoisotopic (exact) mass is 288 g/mol. The quantitative estimate of drug-likeness (QED) is 0.873. The topological polar surface area (TPSA) is 75.2 Å². The number of anilines is 2. The van der Waals surface area contributed by atoms with E-state index >= 15 is 0 Å². The van der Waals surface area contributed by atoms with Crippen molar-refractivity contribution < 1.29 is 9.59 Å². The average molecular weight is 289 g/mol. The lowest BCUT2D eigenvalue weighted by Gasteiger charge is -2.16. The van der Waals surface area contributed by atoms with Gasteiger partial charge in [-0.3, -0.25) is 4.79 Å². The maximum atomic E-state index is 12.2. The first-order valence-electron chi connectivity index (χ1n) is 5.83. The molecule has 0 radical (unpaired) electrons. The second kappa shape index (κ2) is 4.90. The molecule has 0 unspecified atom stereocenters. The van der Waals surface area contributed by atoms with Crippen molar-refractivity contribution in [2.45, 2.75) is 6.42 Å². The largest absolute Gasteiger partial charge is 0.333 e. The van der Waals surface area contributed by atoms with Gasteiger partial charge < -0.3 is 5.32 Å². The lowest BCUT2D eigenvalue weighted by atomic mass is 10.2. The zero-order valence-electron chi connectivity index (χ0n) is 10.2. The molecule has 7 heteroatoms. The molecular weight excluding hydrogens is 280 g/mol. The van der Waals surface area contributed by atoms with E-state index in [0.717, 1.165) is 4.90 Å². The summed E-state index contributed by atoms with van der Waals surface area (Å²) in [7, 11) is 0. The van der Waals surface area contributed by atoms with Gasteiger partial charge in [0.25, 0.3) is 0 Å². The van der Waals surface area contributed by atoms with Crippen LogP contribution < -0.4 is 10.2 Å². The van der Waals surface area contributed by atoms with Gasteiger partial charge in [0.15, 0.2) is 0 Å². The third-order valence-electron chi connectivity index (χ3n) is 2.93. The van der Waals surface area contributed by atoms with E-state index in [0.29, 0.717) is 22.0 Å². The molecule has 20 heavy (non-hydrogen) atoms. The van der Waals surface area contributed by atoms with Crippen LogP contribution in [-0.4, -0.2) is 21.9 Å². The summed E-state index contributed by atoms with van der Waals surface area (Å²) in [5, 5.41) is 3.05. The third kappa shape index (κ3) is 2.10. The van der Waals surface area contributed by atoms with E-state index in [4.69, 9.17) is 11.6 Å². The number of rotatable bonds is 1.